The van der Waals surface area contributed by atoms with Crippen LogP contribution in [-0.4, -0.2) is 24.9 Å². The van der Waals surface area contributed by atoms with Crippen molar-refractivity contribution in [1.29, 1.82) is 0 Å². The molecular formula is C45H27N5. The number of aromatic nitrogens is 5. The van der Waals surface area contributed by atoms with E-state index in [2.05, 4.69) is 114 Å². The fourth-order valence-electron chi connectivity index (χ4n) is 7.05. The lowest BCUT2D eigenvalue weighted by molar-refractivity contribution is 1.27. The first-order valence-corrected chi connectivity index (χ1v) is 16.7. The van der Waals surface area contributed by atoms with Crippen LogP contribution in [0.4, 0.5) is 0 Å². The van der Waals surface area contributed by atoms with Crippen molar-refractivity contribution in [2.24, 2.45) is 0 Å². The lowest BCUT2D eigenvalue weighted by Crippen LogP contribution is -1.97. The van der Waals surface area contributed by atoms with Gasteiger partial charge in [0.05, 0.1) is 50.5 Å². The van der Waals surface area contributed by atoms with Gasteiger partial charge in [-0.1, -0.05) is 109 Å². The van der Waals surface area contributed by atoms with Crippen molar-refractivity contribution < 1.29 is 0 Å². The van der Waals surface area contributed by atoms with Gasteiger partial charge in [0, 0.05) is 33.7 Å². The van der Waals surface area contributed by atoms with E-state index in [-0.39, 0.29) is 0 Å². The number of hydrogen-bond donors (Lipinski definition) is 0. The van der Waals surface area contributed by atoms with Crippen LogP contribution in [0.1, 0.15) is 0 Å². The standard InChI is InChI=1S/C45H27N5/c1-2-13-33-30(10-1)27-36(35-15-4-3-14-34(33)35)45-44(48-39-17-5-6-18-40(39)50-45)32-12-9-11-31(26-32)37-23-21-28-19-20-29-22-24-41(38-16-7-8-25-46-38)49-43(29)42(28)47-37/h1-27H. The summed E-state index contributed by atoms with van der Waals surface area (Å²) in [6.45, 7) is 0. The summed E-state index contributed by atoms with van der Waals surface area (Å²) in [5, 5.41) is 6.81. The first-order chi connectivity index (χ1) is 24.8. The molecule has 50 heavy (non-hydrogen) atoms. The molecule has 0 saturated heterocycles. The van der Waals surface area contributed by atoms with E-state index in [0.29, 0.717) is 0 Å². The van der Waals surface area contributed by atoms with Crippen molar-refractivity contribution in [3.63, 3.8) is 0 Å². The summed E-state index contributed by atoms with van der Waals surface area (Å²) in [5.41, 5.74) is 10.7. The van der Waals surface area contributed by atoms with Gasteiger partial charge in [0.1, 0.15) is 0 Å². The second-order valence-electron chi connectivity index (χ2n) is 12.5. The van der Waals surface area contributed by atoms with E-state index in [0.717, 1.165) is 83.4 Å². The van der Waals surface area contributed by atoms with Gasteiger partial charge in [0.2, 0.25) is 0 Å². The third kappa shape index (κ3) is 4.67. The molecule has 0 unspecified atom stereocenters. The van der Waals surface area contributed by atoms with Crippen LogP contribution in [0, 0.1) is 0 Å². The van der Waals surface area contributed by atoms with Crippen LogP contribution in [0.3, 0.4) is 0 Å². The van der Waals surface area contributed by atoms with Crippen molar-refractivity contribution in [3.05, 3.63) is 164 Å². The molecule has 0 N–H and O–H groups in total. The number of fused-ring (bicyclic) bond motifs is 7. The number of benzene rings is 6. The molecule has 232 valence electrons. The second kappa shape index (κ2) is 11.4. The molecule has 5 nitrogen and oxygen atoms in total. The Labute approximate surface area is 287 Å². The van der Waals surface area contributed by atoms with Crippen molar-refractivity contribution in [1.82, 2.24) is 24.9 Å². The number of rotatable bonds is 4. The Morgan fingerprint density at radius 2 is 0.960 bits per heavy atom. The molecule has 10 aromatic rings. The molecule has 0 amide bonds. The fourth-order valence-corrected chi connectivity index (χ4v) is 7.05. The Balaban J connectivity index is 1.17. The van der Waals surface area contributed by atoms with Crippen LogP contribution in [0.15, 0.2) is 164 Å². The zero-order chi connectivity index (χ0) is 33.0. The Hall–Kier alpha value is -6.85. The highest BCUT2D eigenvalue weighted by Gasteiger charge is 2.18. The summed E-state index contributed by atoms with van der Waals surface area (Å²) >= 11 is 0. The van der Waals surface area contributed by atoms with Gasteiger partial charge in [-0.2, -0.15) is 0 Å². The van der Waals surface area contributed by atoms with Gasteiger partial charge in [0.25, 0.3) is 0 Å². The number of hydrogen-bond acceptors (Lipinski definition) is 5. The number of pyridine rings is 3. The molecule has 0 radical (unpaired) electrons. The van der Waals surface area contributed by atoms with Crippen LogP contribution in [-0.2, 0) is 0 Å². The van der Waals surface area contributed by atoms with E-state index >= 15 is 0 Å². The van der Waals surface area contributed by atoms with Gasteiger partial charge in [-0.25, -0.2) is 19.9 Å². The minimum atomic E-state index is 0.823. The van der Waals surface area contributed by atoms with E-state index in [1.54, 1.807) is 6.20 Å². The fraction of sp³-hybridized carbons (Fsp3) is 0. The molecule has 6 aromatic carbocycles. The smallest absolute Gasteiger partial charge is 0.0979 e. The highest BCUT2D eigenvalue weighted by atomic mass is 14.8. The predicted octanol–water partition coefficient (Wildman–Crippen LogP) is 11.1. The summed E-state index contributed by atoms with van der Waals surface area (Å²) in [7, 11) is 0. The molecule has 0 aliphatic carbocycles. The molecule has 0 saturated carbocycles. The third-order valence-corrected chi connectivity index (χ3v) is 9.47. The molecule has 0 fully saturated rings. The largest absolute Gasteiger partial charge is 0.255 e. The Morgan fingerprint density at radius 3 is 1.74 bits per heavy atom. The summed E-state index contributed by atoms with van der Waals surface area (Å²) in [5.74, 6) is 0. The molecule has 0 aliphatic heterocycles. The van der Waals surface area contributed by atoms with Gasteiger partial charge < -0.3 is 0 Å². The van der Waals surface area contributed by atoms with E-state index < -0.39 is 0 Å². The topological polar surface area (TPSA) is 64.5 Å². The average molecular weight is 638 g/mol. The zero-order valence-electron chi connectivity index (χ0n) is 26.8. The van der Waals surface area contributed by atoms with Gasteiger partial charge in [-0.3, -0.25) is 4.98 Å². The minimum Gasteiger partial charge on any atom is -0.255 e. The molecule has 4 aromatic heterocycles. The maximum atomic E-state index is 5.30. The monoisotopic (exact) mass is 637 g/mol. The molecule has 5 heteroatoms. The van der Waals surface area contributed by atoms with E-state index in [1.807, 2.05) is 48.5 Å². The lowest BCUT2D eigenvalue weighted by Gasteiger charge is -2.15. The molecule has 4 heterocycles. The Kier molecular flexibility index (Phi) is 6.42. The molecule has 0 spiro atoms. The van der Waals surface area contributed by atoms with Crippen LogP contribution in [0.25, 0.3) is 99.5 Å². The molecule has 0 bridgehead atoms. The first-order valence-electron chi connectivity index (χ1n) is 16.7. The molecule has 10 rings (SSSR count). The summed E-state index contributed by atoms with van der Waals surface area (Å²) in [6.07, 6.45) is 1.79. The van der Waals surface area contributed by atoms with E-state index in [9.17, 15) is 0 Å². The average Bonchev–Trinajstić information content (AvgIpc) is 3.20. The predicted molar refractivity (Wildman–Crippen MR) is 205 cm³/mol. The second-order valence-corrected chi connectivity index (χ2v) is 12.5. The van der Waals surface area contributed by atoms with Crippen LogP contribution < -0.4 is 0 Å². The highest BCUT2D eigenvalue weighted by Crippen LogP contribution is 2.39. The number of para-hydroxylation sites is 2. The molecule has 0 atom stereocenters. The Morgan fingerprint density at radius 1 is 0.340 bits per heavy atom. The number of nitrogens with zero attached hydrogens (tertiary/aromatic N) is 5. The first kappa shape index (κ1) is 28.2. The molecular weight excluding hydrogens is 611 g/mol. The summed E-state index contributed by atoms with van der Waals surface area (Å²) in [6, 6.07) is 54.4. The van der Waals surface area contributed by atoms with Crippen molar-refractivity contribution >= 4 is 54.4 Å². The Bertz CT molecular complexity index is 2940. The summed E-state index contributed by atoms with van der Waals surface area (Å²) in [4.78, 5) is 25.4. The van der Waals surface area contributed by atoms with Crippen LogP contribution >= 0.6 is 0 Å². The van der Waals surface area contributed by atoms with Gasteiger partial charge in [-0.15, -0.1) is 0 Å². The zero-order valence-corrected chi connectivity index (χ0v) is 26.8. The van der Waals surface area contributed by atoms with Gasteiger partial charge in [-0.05, 0) is 70.1 Å². The maximum absolute atomic E-state index is 5.30. The van der Waals surface area contributed by atoms with E-state index in [4.69, 9.17) is 19.9 Å². The minimum absolute atomic E-state index is 0.823. The lowest BCUT2D eigenvalue weighted by atomic mass is 9.93. The summed E-state index contributed by atoms with van der Waals surface area (Å²) < 4.78 is 0. The third-order valence-electron chi connectivity index (χ3n) is 9.47. The maximum Gasteiger partial charge on any atom is 0.0979 e. The van der Waals surface area contributed by atoms with Gasteiger partial charge in [0.15, 0.2) is 0 Å². The quantitative estimate of drug-likeness (QED) is 0.180. The SMILES string of the molecule is c1ccc(-c2ccc3ccc4ccc(-c5cccc(-c6nc7ccccc7nc6-c6cc7ccccc7c7ccccc67)c5)nc4c3n2)nc1. The van der Waals surface area contributed by atoms with Crippen molar-refractivity contribution in [2.75, 3.05) is 0 Å². The van der Waals surface area contributed by atoms with E-state index in [1.165, 1.54) is 16.2 Å². The van der Waals surface area contributed by atoms with Crippen molar-refractivity contribution in [2.45, 2.75) is 0 Å². The highest BCUT2D eigenvalue weighted by molar-refractivity contribution is 6.14. The van der Waals surface area contributed by atoms with Crippen LogP contribution in [0.5, 0.6) is 0 Å². The van der Waals surface area contributed by atoms with Crippen molar-refractivity contribution in [3.8, 4) is 45.2 Å². The normalized spacial score (nSPS) is 11.6. The molecule has 0 aliphatic rings. The van der Waals surface area contributed by atoms with Crippen LogP contribution in [0.2, 0.25) is 0 Å². The van der Waals surface area contributed by atoms with Gasteiger partial charge >= 0.3 is 0 Å².